The molecule has 0 aliphatic heterocycles. The van der Waals surface area contributed by atoms with E-state index in [1.54, 1.807) is 41.2 Å². The average Bonchev–Trinajstić information content (AvgIpc) is 3.37. The summed E-state index contributed by atoms with van der Waals surface area (Å²) in [6.07, 6.45) is 0.172. The van der Waals surface area contributed by atoms with Crippen molar-refractivity contribution >= 4 is 55.5 Å². The minimum atomic E-state index is -0.307. The molecular formula is C20H13N5O2S2. The van der Waals surface area contributed by atoms with Crippen molar-refractivity contribution in [1.82, 2.24) is 9.97 Å². The number of nitrogens with one attached hydrogen (secondary N) is 2. The van der Waals surface area contributed by atoms with Gasteiger partial charge in [0.15, 0.2) is 5.13 Å². The molecule has 0 spiro atoms. The van der Waals surface area contributed by atoms with Crippen LogP contribution in [0.15, 0.2) is 53.4 Å². The van der Waals surface area contributed by atoms with Crippen molar-refractivity contribution in [2.75, 3.05) is 10.6 Å². The number of carbonyl (C=O) groups excluding carboxylic acids is 2. The number of fused-ring (bicyclic) bond motifs is 1. The standard InChI is InChI=1S/C20H13N5O2S2/c21-9-13-3-1-2-12(6-13)7-18(26)23-14-4-5-15-17(8-14)29-20(24-15)25-19(27)16-10-28-11-22-16/h1-6,8,10-11H,7H2,(H,23,26)(H,24,25,27). The summed E-state index contributed by atoms with van der Waals surface area (Å²) in [7, 11) is 0. The molecule has 0 bridgehead atoms. The lowest BCUT2D eigenvalue weighted by Gasteiger charge is -2.05. The molecule has 2 aromatic heterocycles. The van der Waals surface area contributed by atoms with E-state index in [0.29, 0.717) is 22.1 Å². The van der Waals surface area contributed by atoms with Crippen molar-refractivity contribution < 1.29 is 9.59 Å². The molecule has 0 saturated carbocycles. The second-order valence-electron chi connectivity index (χ2n) is 6.07. The molecule has 0 fully saturated rings. The Morgan fingerprint density at radius 1 is 1.14 bits per heavy atom. The third kappa shape index (κ3) is 4.45. The highest BCUT2D eigenvalue weighted by Gasteiger charge is 2.12. The smallest absolute Gasteiger partial charge is 0.276 e. The number of rotatable bonds is 5. The van der Waals surface area contributed by atoms with Crippen molar-refractivity contribution in [2.45, 2.75) is 6.42 Å². The Kier molecular flexibility index (Phi) is 5.29. The normalized spacial score (nSPS) is 10.4. The third-order valence-electron chi connectivity index (χ3n) is 3.98. The number of amides is 2. The molecule has 4 rings (SSSR count). The largest absolute Gasteiger partial charge is 0.326 e. The maximum absolute atomic E-state index is 12.3. The summed E-state index contributed by atoms with van der Waals surface area (Å²) >= 11 is 2.67. The van der Waals surface area contributed by atoms with Crippen molar-refractivity contribution in [3.05, 3.63) is 70.2 Å². The van der Waals surface area contributed by atoms with Gasteiger partial charge in [0.1, 0.15) is 5.69 Å². The summed E-state index contributed by atoms with van der Waals surface area (Å²) in [5.74, 6) is -0.487. The molecule has 7 nitrogen and oxygen atoms in total. The molecule has 2 aromatic carbocycles. The van der Waals surface area contributed by atoms with Gasteiger partial charge in [-0.2, -0.15) is 5.26 Å². The van der Waals surface area contributed by atoms with E-state index >= 15 is 0 Å². The van der Waals surface area contributed by atoms with Gasteiger partial charge in [-0.15, -0.1) is 11.3 Å². The first kappa shape index (κ1) is 18.7. The van der Waals surface area contributed by atoms with E-state index in [4.69, 9.17) is 5.26 Å². The van der Waals surface area contributed by atoms with Crippen molar-refractivity contribution in [1.29, 1.82) is 5.26 Å². The fourth-order valence-electron chi connectivity index (χ4n) is 2.68. The molecule has 2 amide bonds. The van der Waals surface area contributed by atoms with Gasteiger partial charge in [0, 0.05) is 11.1 Å². The zero-order valence-electron chi connectivity index (χ0n) is 14.9. The van der Waals surface area contributed by atoms with Gasteiger partial charge in [-0.05, 0) is 35.9 Å². The lowest BCUT2D eigenvalue weighted by molar-refractivity contribution is -0.115. The Bertz CT molecular complexity index is 1240. The minimum Gasteiger partial charge on any atom is -0.326 e. The van der Waals surface area contributed by atoms with E-state index in [2.05, 4.69) is 26.7 Å². The van der Waals surface area contributed by atoms with Gasteiger partial charge in [0.05, 0.1) is 33.8 Å². The molecule has 0 aliphatic rings. The molecule has 0 unspecified atom stereocenters. The van der Waals surface area contributed by atoms with E-state index in [1.165, 1.54) is 22.7 Å². The lowest BCUT2D eigenvalue weighted by Crippen LogP contribution is -2.14. The van der Waals surface area contributed by atoms with E-state index in [0.717, 1.165) is 15.8 Å². The first-order chi connectivity index (χ1) is 14.1. The van der Waals surface area contributed by atoms with E-state index in [-0.39, 0.29) is 18.2 Å². The monoisotopic (exact) mass is 419 g/mol. The van der Waals surface area contributed by atoms with Gasteiger partial charge >= 0.3 is 0 Å². The highest BCUT2D eigenvalue weighted by molar-refractivity contribution is 7.22. The maximum atomic E-state index is 12.3. The topological polar surface area (TPSA) is 108 Å². The highest BCUT2D eigenvalue weighted by Crippen LogP contribution is 2.28. The van der Waals surface area contributed by atoms with Gasteiger partial charge < -0.3 is 5.32 Å². The van der Waals surface area contributed by atoms with Crippen LogP contribution in [0.5, 0.6) is 0 Å². The number of benzene rings is 2. The summed E-state index contributed by atoms with van der Waals surface area (Å²) in [4.78, 5) is 32.8. The fourth-order valence-corrected chi connectivity index (χ4v) is 4.12. The van der Waals surface area contributed by atoms with E-state index in [1.807, 2.05) is 12.1 Å². The molecule has 2 N–H and O–H groups in total. The lowest BCUT2D eigenvalue weighted by atomic mass is 10.1. The summed E-state index contributed by atoms with van der Waals surface area (Å²) < 4.78 is 0.836. The molecule has 29 heavy (non-hydrogen) atoms. The first-order valence-corrected chi connectivity index (χ1v) is 10.3. The number of hydrogen-bond donors (Lipinski definition) is 2. The van der Waals surface area contributed by atoms with Gasteiger partial charge in [-0.1, -0.05) is 23.5 Å². The predicted molar refractivity (Wildman–Crippen MR) is 113 cm³/mol. The zero-order valence-corrected chi connectivity index (χ0v) is 16.5. The molecule has 0 aliphatic carbocycles. The Morgan fingerprint density at radius 2 is 2.03 bits per heavy atom. The van der Waals surface area contributed by atoms with Crippen molar-refractivity contribution in [3.63, 3.8) is 0 Å². The van der Waals surface area contributed by atoms with Crippen LogP contribution in [0.2, 0.25) is 0 Å². The van der Waals surface area contributed by atoms with Crippen LogP contribution in [0.25, 0.3) is 10.2 Å². The summed E-state index contributed by atoms with van der Waals surface area (Å²) in [6.45, 7) is 0. The number of carbonyl (C=O) groups is 2. The van der Waals surface area contributed by atoms with E-state index in [9.17, 15) is 9.59 Å². The number of aromatic nitrogens is 2. The third-order valence-corrected chi connectivity index (χ3v) is 5.50. The van der Waals surface area contributed by atoms with E-state index < -0.39 is 0 Å². The molecule has 9 heteroatoms. The van der Waals surface area contributed by atoms with Gasteiger partial charge in [0.2, 0.25) is 5.91 Å². The number of thiazole rings is 2. The van der Waals surface area contributed by atoms with Crippen LogP contribution in [0.4, 0.5) is 10.8 Å². The second kappa shape index (κ2) is 8.18. The maximum Gasteiger partial charge on any atom is 0.276 e. The Balaban J connectivity index is 1.45. The molecule has 0 atom stereocenters. The quantitative estimate of drug-likeness (QED) is 0.507. The van der Waals surface area contributed by atoms with Gasteiger partial charge in [-0.3, -0.25) is 14.9 Å². The molecule has 142 valence electrons. The molecular weight excluding hydrogens is 406 g/mol. The Hall–Kier alpha value is -3.61. The number of nitriles is 1. The van der Waals surface area contributed by atoms with Crippen LogP contribution < -0.4 is 10.6 Å². The SMILES string of the molecule is N#Cc1cccc(CC(=O)Nc2ccc3nc(NC(=O)c4cscn4)sc3c2)c1. The number of nitrogens with zero attached hydrogens (tertiary/aromatic N) is 3. The van der Waals surface area contributed by atoms with Crippen LogP contribution in [0, 0.1) is 11.3 Å². The van der Waals surface area contributed by atoms with Gasteiger partial charge in [-0.25, -0.2) is 9.97 Å². The molecule has 2 heterocycles. The first-order valence-electron chi connectivity index (χ1n) is 8.50. The summed E-state index contributed by atoms with van der Waals surface area (Å²) in [5, 5.41) is 16.7. The summed E-state index contributed by atoms with van der Waals surface area (Å²) in [5.41, 5.74) is 4.60. The van der Waals surface area contributed by atoms with Crippen LogP contribution in [0.1, 0.15) is 21.6 Å². The van der Waals surface area contributed by atoms with Crippen LogP contribution >= 0.6 is 22.7 Å². The minimum absolute atomic E-state index is 0.172. The zero-order chi connectivity index (χ0) is 20.2. The Labute approximate surface area is 173 Å². The predicted octanol–water partition coefficient (Wildman–Crippen LogP) is 4.06. The average molecular weight is 419 g/mol. The second-order valence-corrected chi connectivity index (χ2v) is 7.82. The molecule has 0 radical (unpaired) electrons. The Morgan fingerprint density at radius 3 is 2.83 bits per heavy atom. The van der Waals surface area contributed by atoms with Gasteiger partial charge in [0.25, 0.3) is 5.91 Å². The number of anilines is 2. The van der Waals surface area contributed by atoms with Crippen molar-refractivity contribution in [3.8, 4) is 6.07 Å². The van der Waals surface area contributed by atoms with Crippen molar-refractivity contribution in [2.24, 2.45) is 0 Å². The van der Waals surface area contributed by atoms with Crippen LogP contribution in [-0.2, 0) is 11.2 Å². The molecule has 4 aromatic rings. The van der Waals surface area contributed by atoms with Crippen LogP contribution in [0.3, 0.4) is 0 Å². The molecule has 0 saturated heterocycles. The summed E-state index contributed by atoms with van der Waals surface area (Å²) in [6, 6.07) is 14.4. The van der Waals surface area contributed by atoms with Crippen LogP contribution in [-0.4, -0.2) is 21.8 Å². The highest BCUT2D eigenvalue weighted by atomic mass is 32.1. The number of hydrogen-bond acceptors (Lipinski definition) is 7. The fraction of sp³-hybridized carbons (Fsp3) is 0.0500.